The van der Waals surface area contributed by atoms with E-state index in [9.17, 15) is 9.59 Å². The van der Waals surface area contributed by atoms with E-state index in [0.717, 1.165) is 50.0 Å². The SMILES string of the molecule is CC(C)(C)OC(=O)N1CCC(OC2CC(Oc3cc(N4CCN(C(=O)OCc5ccccc5)CC4)ccn3)C2)CC1. The van der Waals surface area contributed by atoms with Crippen molar-refractivity contribution in [2.75, 3.05) is 44.2 Å². The van der Waals surface area contributed by atoms with E-state index in [-0.39, 0.29) is 37.1 Å². The number of pyridine rings is 1. The number of aromatic nitrogens is 1. The van der Waals surface area contributed by atoms with Gasteiger partial charge in [-0.3, -0.25) is 0 Å². The Morgan fingerprint density at radius 1 is 0.854 bits per heavy atom. The Kier molecular flexibility index (Phi) is 9.17. The summed E-state index contributed by atoms with van der Waals surface area (Å²) in [5.41, 5.74) is 1.54. The third-order valence-electron chi connectivity index (χ3n) is 7.64. The average Bonchev–Trinajstić information content (AvgIpc) is 2.95. The fourth-order valence-corrected chi connectivity index (χ4v) is 5.29. The lowest BCUT2D eigenvalue weighted by molar-refractivity contribution is -0.110. The summed E-state index contributed by atoms with van der Waals surface area (Å²) in [5, 5.41) is 0. The van der Waals surface area contributed by atoms with Gasteiger partial charge in [0, 0.05) is 70.1 Å². The van der Waals surface area contributed by atoms with Crippen LogP contribution < -0.4 is 9.64 Å². The molecule has 41 heavy (non-hydrogen) atoms. The van der Waals surface area contributed by atoms with Gasteiger partial charge in [-0.25, -0.2) is 14.6 Å². The zero-order chi connectivity index (χ0) is 28.8. The van der Waals surface area contributed by atoms with Crippen molar-refractivity contribution < 1.29 is 28.5 Å². The molecule has 3 heterocycles. The molecule has 1 saturated carbocycles. The first-order valence-corrected chi connectivity index (χ1v) is 14.7. The maximum absolute atomic E-state index is 12.5. The number of carbonyl (C=O) groups excluding carboxylic acids is 2. The van der Waals surface area contributed by atoms with Crippen molar-refractivity contribution in [3.05, 3.63) is 54.2 Å². The topological polar surface area (TPSA) is 93.7 Å². The summed E-state index contributed by atoms with van der Waals surface area (Å²) in [5.74, 6) is 0.612. The van der Waals surface area contributed by atoms with Gasteiger partial charge in [-0.05, 0) is 45.2 Å². The van der Waals surface area contributed by atoms with Gasteiger partial charge in [-0.1, -0.05) is 30.3 Å². The van der Waals surface area contributed by atoms with Crippen LogP contribution in [0.4, 0.5) is 15.3 Å². The van der Waals surface area contributed by atoms with Crippen LogP contribution in [0.1, 0.15) is 52.0 Å². The highest BCUT2D eigenvalue weighted by molar-refractivity contribution is 5.68. The molecule has 1 aliphatic carbocycles. The summed E-state index contributed by atoms with van der Waals surface area (Å²) in [4.78, 5) is 35.0. The Morgan fingerprint density at radius 2 is 1.54 bits per heavy atom. The Bertz CT molecular complexity index is 1150. The van der Waals surface area contributed by atoms with Crippen LogP contribution in [0.25, 0.3) is 0 Å². The van der Waals surface area contributed by atoms with Gasteiger partial charge in [0.25, 0.3) is 0 Å². The molecule has 2 amide bonds. The molecule has 0 bridgehead atoms. The summed E-state index contributed by atoms with van der Waals surface area (Å²) in [7, 11) is 0. The number of piperazine rings is 1. The number of hydrogen-bond acceptors (Lipinski definition) is 8. The molecular formula is C31H42N4O6. The Hall–Kier alpha value is -3.53. The van der Waals surface area contributed by atoms with E-state index >= 15 is 0 Å². The van der Waals surface area contributed by atoms with Gasteiger partial charge in [-0.2, -0.15) is 0 Å². The molecule has 10 nitrogen and oxygen atoms in total. The standard InChI is InChI=1S/C31H42N4O6/c1-31(2,3)41-30(37)34-13-10-25(11-14-34)39-26-20-27(21-26)40-28-19-24(9-12-32-28)33-15-17-35(18-16-33)29(36)38-22-23-7-5-4-6-8-23/h4-9,12,19,25-27H,10-11,13-18,20-22H2,1-3H3. The average molecular weight is 567 g/mol. The van der Waals surface area contributed by atoms with Gasteiger partial charge in [0.05, 0.1) is 12.2 Å². The van der Waals surface area contributed by atoms with Crippen molar-refractivity contribution in [1.82, 2.24) is 14.8 Å². The summed E-state index contributed by atoms with van der Waals surface area (Å²) in [6.45, 7) is 9.90. The third kappa shape index (κ3) is 8.25. The third-order valence-corrected chi connectivity index (χ3v) is 7.64. The molecule has 2 aliphatic heterocycles. The molecule has 5 rings (SSSR count). The van der Waals surface area contributed by atoms with Crippen molar-refractivity contribution in [3.8, 4) is 5.88 Å². The zero-order valence-electron chi connectivity index (χ0n) is 24.4. The number of amides is 2. The highest BCUT2D eigenvalue weighted by Crippen LogP contribution is 2.31. The van der Waals surface area contributed by atoms with Crippen LogP contribution in [0.3, 0.4) is 0 Å². The van der Waals surface area contributed by atoms with Gasteiger partial charge in [0.1, 0.15) is 18.3 Å². The smallest absolute Gasteiger partial charge is 0.410 e. The van der Waals surface area contributed by atoms with E-state index < -0.39 is 5.60 Å². The van der Waals surface area contributed by atoms with E-state index in [0.29, 0.717) is 32.1 Å². The maximum Gasteiger partial charge on any atom is 0.410 e. The van der Waals surface area contributed by atoms with Crippen LogP contribution in [0, 0.1) is 0 Å². The van der Waals surface area contributed by atoms with Crippen molar-refractivity contribution in [3.63, 3.8) is 0 Å². The zero-order valence-corrected chi connectivity index (χ0v) is 24.4. The van der Waals surface area contributed by atoms with E-state index in [4.69, 9.17) is 18.9 Å². The van der Waals surface area contributed by atoms with Gasteiger partial charge in [0.15, 0.2) is 0 Å². The van der Waals surface area contributed by atoms with Gasteiger partial charge >= 0.3 is 12.2 Å². The summed E-state index contributed by atoms with van der Waals surface area (Å²) >= 11 is 0. The van der Waals surface area contributed by atoms with Crippen LogP contribution in [-0.2, 0) is 20.8 Å². The van der Waals surface area contributed by atoms with Crippen molar-refractivity contribution in [2.45, 2.75) is 77.0 Å². The van der Waals surface area contributed by atoms with E-state index in [2.05, 4.69) is 9.88 Å². The monoisotopic (exact) mass is 566 g/mol. The Morgan fingerprint density at radius 3 is 2.22 bits per heavy atom. The maximum atomic E-state index is 12.5. The fourth-order valence-electron chi connectivity index (χ4n) is 5.29. The number of ether oxygens (including phenoxy) is 4. The first-order chi connectivity index (χ1) is 19.7. The van der Waals surface area contributed by atoms with Gasteiger partial charge in [0.2, 0.25) is 5.88 Å². The van der Waals surface area contributed by atoms with E-state index in [1.165, 1.54) is 0 Å². The molecule has 0 unspecified atom stereocenters. The molecular weight excluding hydrogens is 524 g/mol. The normalized spacial score (nSPS) is 21.7. The molecule has 1 aromatic carbocycles. The van der Waals surface area contributed by atoms with Crippen LogP contribution >= 0.6 is 0 Å². The lowest BCUT2D eigenvalue weighted by atomic mass is 9.91. The minimum atomic E-state index is -0.479. The number of piperidine rings is 1. The molecule has 222 valence electrons. The molecule has 0 spiro atoms. The molecule has 2 saturated heterocycles. The van der Waals surface area contributed by atoms with Crippen molar-refractivity contribution in [2.24, 2.45) is 0 Å². The second-order valence-corrected chi connectivity index (χ2v) is 12.0. The minimum absolute atomic E-state index is 0.0841. The van der Waals surface area contributed by atoms with E-state index in [1.54, 1.807) is 16.0 Å². The number of hydrogen-bond donors (Lipinski definition) is 0. The van der Waals surface area contributed by atoms with Crippen molar-refractivity contribution in [1.29, 1.82) is 0 Å². The highest BCUT2D eigenvalue weighted by atomic mass is 16.6. The minimum Gasteiger partial charge on any atom is -0.474 e. The Labute approximate surface area is 242 Å². The second kappa shape index (κ2) is 13.0. The number of likely N-dealkylation sites (tertiary alicyclic amines) is 1. The molecule has 2 aromatic rings. The lowest BCUT2D eigenvalue weighted by Crippen LogP contribution is -2.49. The summed E-state index contributed by atoms with van der Waals surface area (Å²) in [6.07, 6.45) is 4.99. The molecule has 3 aliphatic rings. The number of nitrogens with zero attached hydrogens (tertiary/aromatic N) is 4. The molecule has 0 radical (unpaired) electrons. The van der Waals surface area contributed by atoms with Crippen molar-refractivity contribution >= 4 is 17.9 Å². The summed E-state index contributed by atoms with van der Waals surface area (Å²) in [6, 6.07) is 13.7. The number of anilines is 1. The summed E-state index contributed by atoms with van der Waals surface area (Å²) < 4.78 is 23.4. The van der Waals surface area contributed by atoms with Gasteiger partial charge in [-0.15, -0.1) is 0 Å². The highest BCUT2D eigenvalue weighted by Gasteiger charge is 2.36. The van der Waals surface area contributed by atoms with Crippen LogP contribution in [0.15, 0.2) is 48.7 Å². The quantitative estimate of drug-likeness (QED) is 0.469. The number of carbonyl (C=O) groups is 2. The first kappa shape index (κ1) is 29.0. The van der Waals surface area contributed by atoms with Crippen LogP contribution in [-0.4, -0.2) is 90.2 Å². The van der Waals surface area contributed by atoms with E-state index in [1.807, 2.05) is 63.2 Å². The predicted molar refractivity (Wildman–Crippen MR) is 154 cm³/mol. The Balaban J connectivity index is 0.996. The second-order valence-electron chi connectivity index (χ2n) is 12.0. The molecule has 0 N–H and O–H groups in total. The lowest BCUT2D eigenvalue weighted by Gasteiger charge is -2.40. The van der Waals surface area contributed by atoms with Gasteiger partial charge < -0.3 is 33.6 Å². The van der Waals surface area contributed by atoms with Crippen LogP contribution in [0.5, 0.6) is 5.88 Å². The molecule has 10 heteroatoms. The van der Waals surface area contributed by atoms with Crippen LogP contribution in [0.2, 0.25) is 0 Å². The predicted octanol–water partition coefficient (Wildman–Crippen LogP) is 4.87. The number of rotatable bonds is 7. The molecule has 0 atom stereocenters. The fraction of sp³-hybridized carbons (Fsp3) is 0.581. The molecule has 1 aromatic heterocycles. The first-order valence-electron chi connectivity index (χ1n) is 14.7. The molecule has 3 fully saturated rings. The number of benzene rings is 1. The largest absolute Gasteiger partial charge is 0.474 e.